The second kappa shape index (κ2) is 10.5. The first-order valence-corrected chi connectivity index (χ1v) is 12.7. The minimum atomic E-state index is -3.46. The summed E-state index contributed by atoms with van der Waals surface area (Å²) in [6, 6.07) is 31.3. The fraction of sp³-hybridized carbons (Fsp3) is 0.160. The number of benzene rings is 3. The van der Waals surface area contributed by atoms with Gasteiger partial charge in [-0.25, -0.2) is 8.42 Å². The molecule has 31 heavy (non-hydrogen) atoms. The zero-order valence-electron chi connectivity index (χ0n) is 17.4. The van der Waals surface area contributed by atoms with E-state index in [0.717, 1.165) is 6.26 Å². The molecule has 0 amide bonds. The van der Waals surface area contributed by atoms with Crippen molar-refractivity contribution in [2.75, 3.05) is 6.26 Å². The highest BCUT2D eigenvalue weighted by molar-refractivity contribution is 8.03. The fourth-order valence-electron chi connectivity index (χ4n) is 3.43. The second-order valence-corrected chi connectivity index (χ2v) is 9.89. The summed E-state index contributed by atoms with van der Waals surface area (Å²) in [6.07, 6.45) is 4.05. The van der Waals surface area contributed by atoms with Crippen LogP contribution in [0.4, 0.5) is 0 Å². The van der Waals surface area contributed by atoms with E-state index >= 15 is 0 Å². The van der Waals surface area contributed by atoms with Crippen molar-refractivity contribution in [3.05, 3.63) is 119 Å². The molecule has 3 aromatic rings. The van der Waals surface area contributed by atoms with E-state index in [0.29, 0.717) is 12.8 Å². The quantitative estimate of drug-likeness (QED) is 0.272. The maximum atomic E-state index is 11.2. The fourth-order valence-corrected chi connectivity index (χ4v) is 5.20. The maximum absolute atomic E-state index is 11.2. The molecule has 160 valence electrons. The number of sulfonamides is 1. The van der Waals surface area contributed by atoms with Crippen LogP contribution in [-0.2, 0) is 14.8 Å². The summed E-state index contributed by atoms with van der Waals surface area (Å²) in [5, 5.41) is 2.07. The Morgan fingerprint density at radius 2 is 1.29 bits per heavy atom. The Kier molecular flexibility index (Phi) is 7.71. The molecule has 0 fully saturated rings. The van der Waals surface area contributed by atoms with Gasteiger partial charge < -0.3 is 5.73 Å². The third-order valence-corrected chi connectivity index (χ3v) is 6.69. The summed E-state index contributed by atoms with van der Waals surface area (Å²) in [4.78, 5) is 0. The van der Waals surface area contributed by atoms with Crippen LogP contribution in [-0.4, -0.2) is 20.5 Å². The SMILES string of the molecule is CS(=O)(=O)/N=C(\N)CC/C=C\SC(c1ccccc1)(c1ccccc1)c1ccccc1. The Labute approximate surface area is 189 Å². The van der Waals surface area contributed by atoms with Crippen LogP contribution in [0.3, 0.4) is 0 Å². The molecule has 3 aromatic carbocycles. The van der Waals surface area contributed by atoms with Crippen molar-refractivity contribution in [2.24, 2.45) is 10.1 Å². The van der Waals surface area contributed by atoms with E-state index in [4.69, 9.17) is 5.73 Å². The molecule has 0 aliphatic heterocycles. The smallest absolute Gasteiger partial charge is 0.251 e. The van der Waals surface area contributed by atoms with Gasteiger partial charge in [0, 0.05) is 6.42 Å². The monoisotopic (exact) mass is 450 g/mol. The van der Waals surface area contributed by atoms with E-state index in [1.54, 1.807) is 11.8 Å². The molecule has 0 radical (unpaired) electrons. The number of nitrogens with two attached hydrogens (primary N) is 1. The lowest BCUT2D eigenvalue weighted by molar-refractivity contribution is 0.603. The molecule has 0 unspecified atom stereocenters. The lowest BCUT2D eigenvalue weighted by Gasteiger charge is -2.34. The van der Waals surface area contributed by atoms with Gasteiger partial charge in [-0.2, -0.15) is 4.40 Å². The summed E-state index contributed by atoms with van der Waals surface area (Å²) < 4.78 is 25.6. The summed E-state index contributed by atoms with van der Waals surface area (Å²) in [5.41, 5.74) is 9.27. The topological polar surface area (TPSA) is 72.5 Å². The average Bonchev–Trinajstić information content (AvgIpc) is 2.77. The highest BCUT2D eigenvalue weighted by Crippen LogP contribution is 2.48. The van der Waals surface area contributed by atoms with Gasteiger partial charge in [-0.1, -0.05) is 97.1 Å². The number of thioether (sulfide) groups is 1. The van der Waals surface area contributed by atoms with Crippen molar-refractivity contribution in [2.45, 2.75) is 17.6 Å². The number of amidine groups is 1. The van der Waals surface area contributed by atoms with Crippen LogP contribution in [0, 0.1) is 0 Å². The van der Waals surface area contributed by atoms with Gasteiger partial charge in [-0.15, -0.1) is 11.8 Å². The van der Waals surface area contributed by atoms with Crippen LogP contribution in [0.15, 0.2) is 107 Å². The minimum absolute atomic E-state index is 0.123. The number of hydrogen-bond acceptors (Lipinski definition) is 3. The van der Waals surface area contributed by atoms with E-state index in [2.05, 4.69) is 82.6 Å². The maximum Gasteiger partial charge on any atom is 0.251 e. The van der Waals surface area contributed by atoms with E-state index in [9.17, 15) is 8.42 Å². The van der Waals surface area contributed by atoms with Crippen LogP contribution in [0.25, 0.3) is 0 Å². The molecule has 0 aliphatic carbocycles. The number of rotatable bonds is 9. The minimum Gasteiger partial charge on any atom is -0.386 e. The third-order valence-electron chi connectivity index (χ3n) is 4.73. The molecule has 3 rings (SSSR count). The number of hydrogen-bond donors (Lipinski definition) is 1. The normalized spacial score (nSPS) is 12.9. The Morgan fingerprint density at radius 3 is 1.68 bits per heavy atom. The van der Waals surface area contributed by atoms with E-state index in [-0.39, 0.29) is 5.84 Å². The molecular formula is C25H26N2O2S2. The molecule has 4 nitrogen and oxygen atoms in total. The average molecular weight is 451 g/mol. The second-order valence-electron chi connectivity index (χ2n) is 7.12. The highest BCUT2D eigenvalue weighted by Gasteiger charge is 2.36. The molecule has 0 spiro atoms. The molecule has 6 heteroatoms. The van der Waals surface area contributed by atoms with Crippen molar-refractivity contribution in [1.82, 2.24) is 0 Å². The van der Waals surface area contributed by atoms with Crippen LogP contribution in [0.2, 0.25) is 0 Å². The highest BCUT2D eigenvalue weighted by atomic mass is 32.2. The molecule has 0 atom stereocenters. The van der Waals surface area contributed by atoms with Crippen molar-refractivity contribution >= 4 is 27.6 Å². The summed E-state index contributed by atoms with van der Waals surface area (Å²) in [5.74, 6) is 0.123. The molecule has 0 heterocycles. The zero-order valence-corrected chi connectivity index (χ0v) is 19.0. The third kappa shape index (κ3) is 6.09. The van der Waals surface area contributed by atoms with E-state index < -0.39 is 14.8 Å². The first kappa shape index (κ1) is 22.8. The molecule has 0 aromatic heterocycles. The van der Waals surface area contributed by atoms with Crippen molar-refractivity contribution in [3.8, 4) is 0 Å². The van der Waals surface area contributed by atoms with Crippen LogP contribution < -0.4 is 5.73 Å². The lowest BCUT2D eigenvalue weighted by atomic mass is 9.84. The molecule has 2 N–H and O–H groups in total. The van der Waals surface area contributed by atoms with E-state index in [1.165, 1.54) is 16.7 Å². The van der Waals surface area contributed by atoms with Crippen molar-refractivity contribution in [1.29, 1.82) is 0 Å². The Morgan fingerprint density at radius 1 is 0.871 bits per heavy atom. The molecule has 0 bridgehead atoms. The van der Waals surface area contributed by atoms with Gasteiger partial charge in [0.25, 0.3) is 10.0 Å². The van der Waals surface area contributed by atoms with Gasteiger partial charge in [-0.05, 0) is 28.5 Å². The standard InChI is InChI=1S/C25H26N2O2S2/c1-31(28,29)27-24(26)19-11-12-20-30-25(21-13-5-2-6-14-21,22-15-7-3-8-16-22)23-17-9-4-10-18-23/h2-10,12-18,20H,11,19H2,1H3,(H2,26,27)/b20-12-. The molecule has 0 saturated carbocycles. The first-order chi connectivity index (χ1) is 14.9. The molecule has 0 aliphatic rings. The Bertz CT molecular complexity index is 1030. The number of nitrogens with zero attached hydrogens (tertiary/aromatic N) is 1. The predicted octanol–water partition coefficient (Wildman–Crippen LogP) is 5.32. The summed E-state index contributed by atoms with van der Waals surface area (Å²) >= 11 is 1.71. The van der Waals surface area contributed by atoms with E-state index in [1.807, 2.05) is 24.3 Å². The predicted molar refractivity (Wildman–Crippen MR) is 132 cm³/mol. The summed E-state index contributed by atoms with van der Waals surface area (Å²) in [7, 11) is -3.46. The zero-order chi connectivity index (χ0) is 22.2. The largest absolute Gasteiger partial charge is 0.386 e. The van der Waals surface area contributed by atoms with Crippen LogP contribution in [0.1, 0.15) is 29.5 Å². The molecular weight excluding hydrogens is 424 g/mol. The van der Waals surface area contributed by atoms with Gasteiger partial charge in [-0.3, -0.25) is 0 Å². The van der Waals surface area contributed by atoms with Crippen molar-refractivity contribution < 1.29 is 8.42 Å². The summed E-state index contributed by atoms with van der Waals surface area (Å²) in [6.45, 7) is 0. The lowest BCUT2D eigenvalue weighted by Crippen LogP contribution is -2.24. The molecule has 0 saturated heterocycles. The van der Waals surface area contributed by atoms with Gasteiger partial charge in [0.2, 0.25) is 0 Å². The van der Waals surface area contributed by atoms with Gasteiger partial charge >= 0.3 is 0 Å². The van der Waals surface area contributed by atoms with Gasteiger partial charge in [0.05, 0.1) is 11.0 Å². The van der Waals surface area contributed by atoms with Gasteiger partial charge in [0.15, 0.2) is 0 Å². The van der Waals surface area contributed by atoms with Gasteiger partial charge in [0.1, 0.15) is 5.84 Å². The Hall–Kier alpha value is -2.83. The van der Waals surface area contributed by atoms with Crippen molar-refractivity contribution in [3.63, 3.8) is 0 Å². The first-order valence-electron chi connectivity index (χ1n) is 9.95. The Balaban J connectivity index is 1.96. The van der Waals surface area contributed by atoms with Crippen LogP contribution in [0.5, 0.6) is 0 Å². The van der Waals surface area contributed by atoms with Crippen LogP contribution >= 0.6 is 11.8 Å². The number of allylic oxidation sites excluding steroid dienone is 1.